The number of alkyl halides is 3. The molecule has 0 saturated carbocycles. The number of anilines is 1. The Morgan fingerprint density at radius 2 is 1.85 bits per heavy atom. The predicted molar refractivity (Wildman–Crippen MR) is 95.0 cm³/mol. The molecule has 26 heavy (non-hydrogen) atoms. The average Bonchev–Trinajstić information content (AvgIpc) is 2.78. The lowest BCUT2D eigenvalue weighted by Gasteiger charge is -2.11. The molecule has 1 aromatic carbocycles. The lowest BCUT2D eigenvalue weighted by molar-refractivity contribution is -0.274. The Kier molecular flexibility index (Phi) is 5.44. The molecular weight excluding hydrogens is 343 g/mol. The van der Waals surface area contributed by atoms with Crippen molar-refractivity contribution < 1.29 is 17.9 Å². The summed E-state index contributed by atoms with van der Waals surface area (Å²) in [4.78, 5) is 0. The number of nitrogens with zero attached hydrogens (tertiary/aromatic N) is 2. The lowest BCUT2D eigenvalue weighted by atomic mass is 9.94. The number of rotatable bonds is 5. The van der Waals surface area contributed by atoms with E-state index in [1.165, 1.54) is 17.7 Å². The summed E-state index contributed by atoms with van der Waals surface area (Å²) < 4.78 is 42.8. The van der Waals surface area contributed by atoms with Gasteiger partial charge in [0.1, 0.15) is 11.6 Å². The van der Waals surface area contributed by atoms with Gasteiger partial charge >= 0.3 is 6.36 Å². The Balaban J connectivity index is 1.99. The van der Waals surface area contributed by atoms with Gasteiger partial charge in [0.25, 0.3) is 0 Å². The van der Waals surface area contributed by atoms with Crippen LogP contribution in [-0.4, -0.2) is 22.7 Å². The molecule has 142 valence electrons. The van der Waals surface area contributed by atoms with E-state index in [4.69, 9.17) is 5.10 Å². The van der Waals surface area contributed by atoms with Crippen LogP contribution in [0.5, 0.6) is 5.75 Å². The fourth-order valence-corrected chi connectivity index (χ4v) is 3.51. The molecule has 0 unspecified atom stereocenters. The van der Waals surface area contributed by atoms with Crippen LogP contribution in [-0.2, 0) is 6.42 Å². The summed E-state index contributed by atoms with van der Waals surface area (Å²) in [6.07, 6.45) is 0.515. The number of hydrogen-bond donors (Lipinski definition) is 1. The van der Waals surface area contributed by atoms with Gasteiger partial charge in [-0.05, 0) is 56.4 Å². The monoisotopic (exact) mass is 367 g/mol. The zero-order valence-corrected chi connectivity index (χ0v) is 15.1. The maximum Gasteiger partial charge on any atom is 0.573 e. The van der Waals surface area contributed by atoms with E-state index in [1.807, 2.05) is 4.68 Å². The summed E-state index contributed by atoms with van der Waals surface area (Å²) in [6, 6.07) is 5.87. The smallest absolute Gasteiger partial charge is 0.406 e. The molecule has 1 aromatic heterocycles. The van der Waals surface area contributed by atoms with Crippen LogP contribution in [0, 0.1) is 0 Å². The van der Waals surface area contributed by atoms with Crippen LogP contribution in [0.3, 0.4) is 0 Å². The molecule has 1 aliphatic rings. The Bertz CT molecular complexity index is 734. The van der Waals surface area contributed by atoms with Gasteiger partial charge in [-0.1, -0.05) is 13.8 Å². The highest BCUT2D eigenvalue weighted by Gasteiger charge is 2.31. The van der Waals surface area contributed by atoms with E-state index in [9.17, 15) is 13.2 Å². The van der Waals surface area contributed by atoms with Gasteiger partial charge in [-0.2, -0.15) is 5.10 Å². The molecule has 1 N–H and O–H groups in total. The maximum atomic E-state index is 12.4. The molecule has 2 heterocycles. The highest BCUT2D eigenvalue weighted by molar-refractivity contribution is 5.55. The van der Waals surface area contributed by atoms with Crippen LogP contribution in [0.1, 0.15) is 56.7 Å². The zero-order chi connectivity index (χ0) is 18.7. The number of aromatic nitrogens is 2. The van der Waals surface area contributed by atoms with Gasteiger partial charge in [0.2, 0.25) is 0 Å². The molecule has 3 rings (SSSR count). The standard InChI is InChI=1S/C19H24F3N3O/c1-3-13(4-2)17-16-7-5-6-12-23-18(16)25(24-17)14-8-10-15(11-9-14)26-19(20,21)22/h8-11,13,23H,3-7,12H2,1-2H3. The molecule has 7 heteroatoms. The molecule has 4 nitrogen and oxygen atoms in total. The minimum Gasteiger partial charge on any atom is -0.406 e. The van der Waals surface area contributed by atoms with Gasteiger partial charge in [0.05, 0.1) is 11.4 Å². The van der Waals surface area contributed by atoms with Crippen molar-refractivity contribution >= 4 is 5.82 Å². The number of ether oxygens (including phenoxy) is 1. The first kappa shape index (κ1) is 18.6. The normalized spacial score (nSPS) is 14.7. The van der Waals surface area contributed by atoms with Gasteiger partial charge in [-0.25, -0.2) is 4.68 Å². The van der Waals surface area contributed by atoms with Crippen LogP contribution in [0.2, 0.25) is 0 Å². The van der Waals surface area contributed by atoms with E-state index in [1.54, 1.807) is 12.1 Å². The van der Waals surface area contributed by atoms with Crippen molar-refractivity contribution in [3.8, 4) is 11.4 Å². The van der Waals surface area contributed by atoms with Crippen molar-refractivity contribution in [2.24, 2.45) is 0 Å². The number of fused-ring (bicyclic) bond motifs is 1. The molecule has 0 saturated heterocycles. The minimum atomic E-state index is -4.69. The molecule has 0 radical (unpaired) electrons. The SMILES string of the molecule is CCC(CC)c1nn(-c2ccc(OC(F)(F)F)cc2)c2c1CCCCN2. The van der Waals surface area contributed by atoms with Gasteiger partial charge in [0, 0.05) is 18.0 Å². The quantitative estimate of drug-likeness (QED) is 0.767. The Morgan fingerprint density at radius 1 is 1.15 bits per heavy atom. The third-order valence-corrected chi connectivity index (χ3v) is 4.85. The van der Waals surface area contributed by atoms with Gasteiger partial charge in [-0.15, -0.1) is 13.2 Å². The second kappa shape index (κ2) is 7.60. The minimum absolute atomic E-state index is 0.229. The summed E-state index contributed by atoms with van der Waals surface area (Å²) in [5.74, 6) is 1.12. The van der Waals surface area contributed by atoms with E-state index >= 15 is 0 Å². The number of benzene rings is 1. The number of hydrogen-bond acceptors (Lipinski definition) is 3. The highest BCUT2D eigenvalue weighted by atomic mass is 19.4. The predicted octanol–water partition coefficient (Wildman–Crippen LogP) is 5.42. The molecule has 0 atom stereocenters. The van der Waals surface area contributed by atoms with E-state index < -0.39 is 6.36 Å². The van der Waals surface area contributed by atoms with E-state index in [-0.39, 0.29) is 5.75 Å². The maximum absolute atomic E-state index is 12.4. The molecule has 1 aliphatic heterocycles. The number of nitrogens with one attached hydrogen (secondary N) is 1. The van der Waals surface area contributed by atoms with E-state index in [0.29, 0.717) is 5.92 Å². The van der Waals surface area contributed by atoms with E-state index in [2.05, 4.69) is 23.9 Å². The van der Waals surface area contributed by atoms with Crippen LogP contribution >= 0.6 is 0 Å². The van der Waals surface area contributed by atoms with Gasteiger partial charge in [-0.3, -0.25) is 0 Å². The van der Waals surface area contributed by atoms with Crippen LogP contribution < -0.4 is 10.1 Å². The summed E-state index contributed by atoms with van der Waals surface area (Å²) in [5.41, 5.74) is 3.07. The average molecular weight is 367 g/mol. The van der Waals surface area contributed by atoms with Crippen molar-refractivity contribution in [3.05, 3.63) is 35.5 Å². The molecule has 0 aliphatic carbocycles. The Morgan fingerprint density at radius 3 is 2.46 bits per heavy atom. The Labute approximate surface area is 151 Å². The fraction of sp³-hybridized carbons (Fsp3) is 0.526. The van der Waals surface area contributed by atoms with Crippen molar-refractivity contribution in [1.82, 2.24) is 9.78 Å². The van der Waals surface area contributed by atoms with Gasteiger partial charge in [0.15, 0.2) is 0 Å². The molecule has 2 aromatic rings. The van der Waals surface area contributed by atoms with E-state index in [0.717, 1.165) is 55.8 Å². The second-order valence-corrected chi connectivity index (χ2v) is 6.56. The molecular formula is C19H24F3N3O. The Hall–Kier alpha value is -2.18. The van der Waals surface area contributed by atoms with Crippen LogP contribution in [0.25, 0.3) is 5.69 Å². The molecule has 0 amide bonds. The molecule has 0 spiro atoms. The van der Waals surface area contributed by atoms with Gasteiger partial charge < -0.3 is 10.1 Å². The fourth-order valence-electron chi connectivity index (χ4n) is 3.51. The summed E-state index contributed by atoms with van der Waals surface area (Å²) in [6.45, 7) is 5.19. The largest absolute Gasteiger partial charge is 0.573 e. The van der Waals surface area contributed by atoms with Crippen molar-refractivity contribution in [2.45, 2.75) is 58.2 Å². The van der Waals surface area contributed by atoms with Crippen molar-refractivity contribution in [1.29, 1.82) is 0 Å². The first-order valence-corrected chi connectivity index (χ1v) is 9.14. The highest BCUT2D eigenvalue weighted by Crippen LogP contribution is 2.35. The molecule has 0 bridgehead atoms. The van der Waals surface area contributed by atoms with Crippen LogP contribution in [0.15, 0.2) is 24.3 Å². The summed E-state index contributed by atoms with van der Waals surface area (Å²) >= 11 is 0. The summed E-state index contributed by atoms with van der Waals surface area (Å²) in [5, 5.41) is 8.30. The third kappa shape index (κ3) is 3.97. The second-order valence-electron chi connectivity index (χ2n) is 6.56. The topological polar surface area (TPSA) is 39.1 Å². The lowest BCUT2D eigenvalue weighted by Crippen LogP contribution is -2.17. The first-order chi connectivity index (χ1) is 12.4. The molecule has 0 fully saturated rings. The third-order valence-electron chi connectivity index (χ3n) is 4.85. The number of halogens is 3. The zero-order valence-electron chi connectivity index (χ0n) is 15.1. The first-order valence-electron chi connectivity index (χ1n) is 9.14. The van der Waals surface area contributed by atoms with Crippen molar-refractivity contribution in [3.63, 3.8) is 0 Å². The van der Waals surface area contributed by atoms with Crippen molar-refractivity contribution in [2.75, 3.05) is 11.9 Å². The summed E-state index contributed by atoms with van der Waals surface area (Å²) in [7, 11) is 0. The van der Waals surface area contributed by atoms with Crippen LogP contribution in [0.4, 0.5) is 19.0 Å².